The molecule has 0 aliphatic rings. The zero-order valence-corrected chi connectivity index (χ0v) is 12.9. The van der Waals surface area contributed by atoms with E-state index in [4.69, 9.17) is 4.74 Å². The first-order valence-corrected chi connectivity index (χ1v) is 6.39. The Kier molecular flexibility index (Phi) is 8.14. The fourth-order valence-corrected chi connectivity index (χ4v) is 1.54. The second-order valence-corrected chi connectivity index (χ2v) is 5.30. The van der Waals surface area contributed by atoms with Crippen molar-refractivity contribution in [3.05, 3.63) is 0 Å². The van der Waals surface area contributed by atoms with E-state index in [1.807, 2.05) is 0 Å². The zero-order chi connectivity index (χ0) is 14.9. The van der Waals surface area contributed by atoms with Crippen LogP contribution in [0.2, 0.25) is 0 Å². The molecule has 6 heteroatoms. The van der Waals surface area contributed by atoms with Crippen molar-refractivity contribution in [1.29, 1.82) is 0 Å². The number of aliphatic imine (C=N–C) groups is 1. The van der Waals surface area contributed by atoms with Gasteiger partial charge in [-0.3, -0.25) is 9.79 Å². The minimum atomic E-state index is -0.243. The number of carbonyl (C=O) groups excluding carboxylic acids is 1. The van der Waals surface area contributed by atoms with Crippen molar-refractivity contribution < 1.29 is 14.3 Å². The molecule has 0 spiro atoms. The minimum Gasteiger partial charge on any atom is -0.469 e. The average molecular weight is 273 g/mol. The van der Waals surface area contributed by atoms with Crippen LogP contribution in [-0.4, -0.2) is 52.4 Å². The molecule has 0 amide bonds. The highest BCUT2D eigenvalue weighted by molar-refractivity contribution is 5.80. The predicted octanol–water partition coefficient (Wildman–Crippen LogP) is 0.776. The van der Waals surface area contributed by atoms with Crippen molar-refractivity contribution in [2.45, 2.75) is 33.3 Å². The molecule has 0 bridgehead atoms. The van der Waals surface area contributed by atoms with Crippen molar-refractivity contribution >= 4 is 11.9 Å². The topological polar surface area (TPSA) is 72.0 Å². The van der Waals surface area contributed by atoms with E-state index >= 15 is 0 Å². The Morgan fingerprint density at radius 1 is 1.26 bits per heavy atom. The Hall–Kier alpha value is -1.30. The highest BCUT2D eigenvalue weighted by Crippen LogP contribution is 2.20. The van der Waals surface area contributed by atoms with Gasteiger partial charge in [0.25, 0.3) is 0 Å². The molecule has 2 N–H and O–H groups in total. The summed E-state index contributed by atoms with van der Waals surface area (Å²) in [5, 5.41) is 6.23. The van der Waals surface area contributed by atoms with Gasteiger partial charge in [-0.05, 0) is 5.41 Å². The lowest BCUT2D eigenvalue weighted by Crippen LogP contribution is -2.45. The number of hydrogen-bond donors (Lipinski definition) is 2. The van der Waals surface area contributed by atoms with Gasteiger partial charge in [0, 0.05) is 27.2 Å². The number of guanidine groups is 1. The molecular weight excluding hydrogens is 246 g/mol. The molecule has 6 nitrogen and oxygen atoms in total. The van der Waals surface area contributed by atoms with Crippen molar-refractivity contribution in [3.63, 3.8) is 0 Å². The molecule has 0 aliphatic heterocycles. The van der Waals surface area contributed by atoms with Crippen LogP contribution in [0.4, 0.5) is 0 Å². The molecule has 0 radical (unpaired) electrons. The molecule has 0 aromatic heterocycles. The zero-order valence-electron chi connectivity index (χ0n) is 12.9. The summed E-state index contributed by atoms with van der Waals surface area (Å²) >= 11 is 0. The maximum absolute atomic E-state index is 11.0. The van der Waals surface area contributed by atoms with Gasteiger partial charge in [-0.2, -0.15) is 0 Å². The van der Waals surface area contributed by atoms with E-state index in [1.54, 1.807) is 14.2 Å². The standard InChI is InChI=1S/C13H27N3O3/c1-13(2,3)10(18-5)9-16-12(14-4)15-8-7-11(17)19-6/h10H,7-9H2,1-6H3,(H2,14,15,16). The summed E-state index contributed by atoms with van der Waals surface area (Å²) < 4.78 is 10.0. The lowest BCUT2D eigenvalue weighted by atomic mass is 9.89. The van der Waals surface area contributed by atoms with E-state index in [0.29, 0.717) is 25.5 Å². The third-order valence-corrected chi connectivity index (χ3v) is 2.78. The van der Waals surface area contributed by atoms with Gasteiger partial charge >= 0.3 is 5.97 Å². The molecule has 0 aromatic carbocycles. The largest absolute Gasteiger partial charge is 0.469 e. The normalized spacial score (nSPS) is 13.9. The van der Waals surface area contributed by atoms with Crippen molar-refractivity contribution in [1.82, 2.24) is 10.6 Å². The molecule has 0 saturated heterocycles. The van der Waals surface area contributed by atoms with Gasteiger partial charge in [-0.15, -0.1) is 0 Å². The Balaban J connectivity index is 4.10. The molecule has 0 aromatic rings. The molecule has 0 aliphatic carbocycles. The number of nitrogens with one attached hydrogen (secondary N) is 2. The van der Waals surface area contributed by atoms with Crippen LogP contribution in [-0.2, 0) is 14.3 Å². The quantitative estimate of drug-likeness (QED) is 0.425. The third kappa shape index (κ3) is 7.66. The van der Waals surface area contributed by atoms with Crippen LogP contribution in [0.3, 0.4) is 0 Å². The van der Waals surface area contributed by atoms with Gasteiger partial charge in [0.15, 0.2) is 5.96 Å². The summed E-state index contributed by atoms with van der Waals surface area (Å²) in [6.07, 6.45) is 0.385. The summed E-state index contributed by atoms with van der Waals surface area (Å²) in [5.41, 5.74) is 0.0482. The van der Waals surface area contributed by atoms with Gasteiger partial charge < -0.3 is 20.1 Å². The van der Waals surface area contributed by atoms with E-state index in [-0.39, 0.29) is 17.5 Å². The van der Waals surface area contributed by atoms with Crippen LogP contribution in [0.25, 0.3) is 0 Å². The molecule has 1 atom stereocenters. The lowest BCUT2D eigenvalue weighted by Gasteiger charge is -2.30. The number of methoxy groups -OCH3 is 2. The van der Waals surface area contributed by atoms with E-state index in [9.17, 15) is 4.79 Å². The first kappa shape index (κ1) is 17.7. The summed E-state index contributed by atoms with van der Waals surface area (Å²) in [6, 6.07) is 0. The fraction of sp³-hybridized carbons (Fsp3) is 0.846. The van der Waals surface area contributed by atoms with Crippen LogP contribution < -0.4 is 10.6 Å². The molecule has 0 heterocycles. The molecule has 0 fully saturated rings. The highest BCUT2D eigenvalue weighted by atomic mass is 16.5. The Labute approximate surface area is 116 Å². The lowest BCUT2D eigenvalue weighted by molar-refractivity contribution is -0.140. The second kappa shape index (κ2) is 8.74. The minimum absolute atomic E-state index is 0.0482. The van der Waals surface area contributed by atoms with E-state index in [2.05, 4.69) is 41.1 Å². The molecule has 0 rings (SSSR count). The van der Waals surface area contributed by atoms with Gasteiger partial charge in [0.1, 0.15) is 0 Å². The molecular formula is C13H27N3O3. The van der Waals surface area contributed by atoms with Crippen LogP contribution >= 0.6 is 0 Å². The van der Waals surface area contributed by atoms with Gasteiger partial charge in [0.2, 0.25) is 0 Å². The van der Waals surface area contributed by atoms with E-state index in [1.165, 1.54) is 7.11 Å². The summed E-state index contributed by atoms with van der Waals surface area (Å²) in [6.45, 7) is 7.50. The molecule has 0 saturated carbocycles. The van der Waals surface area contributed by atoms with Crippen molar-refractivity contribution in [3.8, 4) is 0 Å². The monoisotopic (exact) mass is 273 g/mol. The predicted molar refractivity (Wildman–Crippen MR) is 76.2 cm³/mol. The smallest absolute Gasteiger partial charge is 0.307 e. The second-order valence-electron chi connectivity index (χ2n) is 5.30. The van der Waals surface area contributed by atoms with Crippen LogP contribution in [0, 0.1) is 5.41 Å². The summed E-state index contributed by atoms with van der Waals surface area (Å²) in [4.78, 5) is 15.1. The number of esters is 1. The highest BCUT2D eigenvalue weighted by Gasteiger charge is 2.24. The van der Waals surface area contributed by atoms with Gasteiger partial charge in [-0.1, -0.05) is 20.8 Å². The Morgan fingerprint density at radius 2 is 1.89 bits per heavy atom. The van der Waals surface area contributed by atoms with Crippen LogP contribution in [0.5, 0.6) is 0 Å². The van der Waals surface area contributed by atoms with Gasteiger partial charge in [-0.25, -0.2) is 0 Å². The Morgan fingerprint density at radius 3 is 2.32 bits per heavy atom. The number of ether oxygens (including phenoxy) is 2. The third-order valence-electron chi connectivity index (χ3n) is 2.78. The number of rotatable bonds is 6. The van der Waals surface area contributed by atoms with E-state index < -0.39 is 0 Å². The number of nitrogens with zero attached hydrogens (tertiary/aromatic N) is 1. The first-order chi connectivity index (χ1) is 8.85. The van der Waals surface area contributed by atoms with E-state index in [0.717, 1.165) is 0 Å². The maximum Gasteiger partial charge on any atom is 0.307 e. The molecule has 1 unspecified atom stereocenters. The van der Waals surface area contributed by atoms with Crippen LogP contribution in [0.15, 0.2) is 4.99 Å². The van der Waals surface area contributed by atoms with Gasteiger partial charge in [0.05, 0.1) is 19.6 Å². The maximum atomic E-state index is 11.0. The SMILES string of the molecule is CN=C(NCCC(=O)OC)NCC(OC)C(C)(C)C. The summed E-state index contributed by atoms with van der Waals surface area (Å²) in [7, 11) is 4.76. The number of carbonyl (C=O) groups is 1. The van der Waals surface area contributed by atoms with Crippen molar-refractivity contribution in [2.24, 2.45) is 10.4 Å². The summed E-state index contributed by atoms with van der Waals surface area (Å²) in [5.74, 6) is 0.405. The van der Waals surface area contributed by atoms with Crippen molar-refractivity contribution in [2.75, 3.05) is 34.4 Å². The first-order valence-electron chi connectivity index (χ1n) is 6.39. The molecule has 19 heavy (non-hydrogen) atoms. The number of hydrogen-bond acceptors (Lipinski definition) is 4. The van der Waals surface area contributed by atoms with Crippen LogP contribution in [0.1, 0.15) is 27.2 Å². The fourth-order valence-electron chi connectivity index (χ4n) is 1.54. The average Bonchev–Trinajstić information content (AvgIpc) is 2.35. The Bertz CT molecular complexity index is 298. The molecule has 112 valence electrons.